The van der Waals surface area contributed by atoms with Gasteiger partial charge in [-0.15, -0.1) is 22.0 Å². The van der Waals surface area contributed by atoms with Crippen LogP contribution in [-0.2, 0) is 4.79 Å². The van der Waals surface area contributed by atoms with Gasteiger partial charge < -0.3 is 30.0 Å². The fraction of sp³-hybridized carbons (Fsp3) is 0.292. The number of rotatable bonds is 10. The van der Waals surface area contributed by atoms with E-state index in [1.54, 1.807) is 6.26 Å². The molecule has 1 unspecified atom stereocenters. The number of nitrogens with two attached hydrogens (primary N) is 1. The summed E-state index contributed by atoms with van der Waals surface area (Å²) in [6.07, 6.45) is 6.73. The predicted octanol–water partition coefficient (Wildman–Crippen LogP) is 2.14. The molecule has 0 radical (unpaired) electrons. The van der Waals surface area contributed by atoms with Crippen molar-refractivity contribution < 1.29 is 28.6 Å². The maximum atomic E-state index is 13.0. The molecule has 2 amide bonds. The van der Waals surface area contributed by atoms with Crippen LogP contribution in [0.2, 0.25) is 0 Å². The van der Waals surface area contributed by atoms with Crippen LogP contribution in [0.3, 0.4) is 0 Å². The molecule has 0 bridgehead atoms. The summed E-state index contributed by atoms with van der Waals surface area (Å²) >= 11 is 2.04. The highest BCUT2D eigenvalue weighted by molar-refractivity contribution is 7.99. The lowest BCUT2D eigenvalue weighted by Crippen LogP contribution is -2.26. The minimum absolute atomic E-state index is 0.0262. The second kappa shape index (κ2) is 15.8. The van der Waals surface area contributed by atoms with Crippen molar-refractivity contribution in [1.29, 1.82) is 0 Å². The number of ether oxygens (including phenoxy) is 2. The number of amides is 2. The smallest absolute Gasteiger partial charge is 0.379 e. The van der Waals surface area contributed by atoms with Gasteiger partial charge >= 0.3 is 5.63 Å². The third-order valence-electron chi connectivity index (χ3n) is 4.35. The Morgan fingerprint density at radius 1 is 1.38 bits per heavy atom. The van der Waals surface area contributed by atoms with Gasteiger partial charge in [0, 0.05) is 25.3 Å². The van der Waals surface area contributed by atoms with Crippen molar-refractivity contribution in [3.05, 3.63) is 52.9 Å². The predicted molar refractivity (Wildman–Crippen MR) is 151 cm³/mol. The average Bonchev–Trinajstić information content (AvgIpc) is 3.39. The van der Waals surface area contributed by atoms with Crippen LogP contribution in [0.4, 0.5) is 10.3 Å². The Balaban J connectivity index is 0.00000274. The highest BCUT2D eigenvalue weighted by Gasteiger charge is 2.25. The van der Waals surface area contributed by atoms with Gasteiger partial charge in [-0.25, -0.2) is 9.79 Å². The molecule has 14 nitrogen and oxygen atoms in total. The fourth-order valence-electron chi connectivity index (χ4n) is 2.78. The second-order valence-corrected chi connectivity index (χ2v) is 8.87. The van der Waals surface area contributed by atoms with Crippen LogP contribution in [-0.4, -0.2) is 63.3 Å². The lowest BCUT2D eigenvalue weighted by atomic mass is 10.1. The number of methoxy groups -OCH3 is 1. The SMILES string of the molecule is CC.COc1cc#cnc1-c1cc(C(=O)Nc2nnc(/N=C(/C=C\N)NC(C)=O)s2)oc(=O)c1OC(CO)SC. The van der Waals surface area contributed by atoms with Crippen LogP contribution < -0.4 is 31.5 Å². The number of amidine groups is 1. The third-order valence-corrected chi connectivity index (χ3v) is 5.85. The second-order valence-electron chi connectivity index (χ2n) is 6.92. The summed E-state index contributed by atoms with van der Waals surface area (Å²) < 4.78 is 16.1. The summed E-state index contributed by atoms with van der Waals surface area (Å²) in [7, 11) is 1.39. The van der Waals surface area contributed by atoms with Crippen molar-refractivity contribution in [2.45, 2.75) is 26.2 Å². The van der Waals surface area contributed by atoms with Crippen molar-refractivity contribution in [2.75, 3.05) is 25.3 Å². The summed E-state index contributed by atoms with van der Waals surface area (Å²) in [5.74, 6) is -1.55. The summed E-state index contributed by atoms with van der Waals surface area (Å²) in [4.78, 5) is 45.3. The van der Waals surface area contributed by atoms with Crippen molar-refractivity contribution in [1.82, 2.24) is 20.5 Å². The maximum Gasteiger partial charge on any atom is 0.379 e. The summed E-state index contributed by atoms with van der Waals surface area (Å²) in [6, 6.07) is 5.32. The number of aliphatic hydroxyl groups is 1. The zero-order valence-corrected chi connectivity index (χ0v) is 23.8. The molecule has 0 aliphatic heterocycles. The van der Waals surface area contributed by atoms with Gasteiger partial charge in [-0.1, -0.05) is 25.2 Å². The number of aliphatic hydroxyl groups excluding tert-OH is 1. The van der Waals surface area contributed by atoms with E-state index in [4.69, 9.17) is 19.6 Å². The van der Waals surface area contributed by atoms with E-state index < -0.39 is 29.3 Å². The summed E-state index contributed by atoms with van der Waals surface area (Å²) in [6.45, 7) is 4.90. The monoisotopic (exact) mass is 589 g/mol. The van der Waals surface area contributed by atoms with Crippen LogP contribution in [0, 0.1) is 12.3 Å². The first-order valence-corrected chi connectivity index (χ1v) is 13.6. The zero-order valence-electron chi connectivity index (χ0n) is 22.2. The number of anilines is 1. The quantitative estimate of drug-likeness (QED) is 0.153. The standard InChI is InChI=1S/C22H21N7O7S2.C2H6/c1-11(31)25-15(6-7-23)26-21-28-29-22(38-21)27-19(32)14-9-12(17-13(34-2)5-4-8-24-17)18(20(33)35-14)36-16(10-30)37-3;1-2/h5-7,9,16,30H,10,23H2,1-3H3,(H,27,29,32)(H,25,26,28,31);1-2H3/b7-6-;. The topological polar surface area (TPSA) is 204 Å². The average molecular weight is 590 g/mol. The highest BCUT2D eigenvalue weighted by atomic mass is 32.2. The number of aromatic nitrogens is 3. The van der Waals surface area contributed by atoms with Gasteiger partial charge in [0.2, 0.25) is 21.9 Å². The molecule has 5 N–H and O–H groups in total. The minimum atomic E-state index is -0.993. The van der Waals surface area contributed by atoms with Gasteiger partial charge in [0.15, 0.2) is 16.9 Å². The van der Waals surface area contributed by atoms with E-state index in [2.05, 4.69) is 43.1 Å². The van der Waals surface area contributed by atoms with Gasteiger partial charge in [0.1, 0.15) is 11.5 Å². The summed E-state index contributed by atoms with van der Waals surface area (Å²) in [5, 5.41) is 22.2. The van der Waals surface area contributed by atoms with E-state index in [0.717, 1.165) is 23.1 Å². The van der Waals surface area contributed by atoms with Gasteiger partial charge in [-0.2, -0.15) is 4.98 Å². The van der Waals surface area contributed by atoms with Gasteiger partial charge in [0.25, 0.3) is 5.91 Å². The van der Waals surface area contributed by atoms with E-state index in [-0.39, 0.29) is 44.8 Å². The minimum Gasteiger partial charge on any atom is -0.494 e. The first-order chi connectivity index (χ1) is 19.3. The molecular formula is C24H27N7O7S2. The molecular weight excluding hydrogens is 562 g/mol. The molecule has 0 fully saturated rings. The van der Waals surface area contributed by atoms with Crippen LogP contribution in [0.15, 0.2) is 38.6 Å². The maximum absolute atomic E-state index is 13.0. The molecule has 0 aliphatic carbocycles. The molecule has 0 aromatic carbocycles. The molecule has 0 spiro atoms. The largest absolute Gasteiger partial charge is 0.494 e. The molecule has 3 heterocycles. The fourth-order valence-corrected chi connectivity index (χ4v) is 3.75. The van der Waals surface area contributed by atoms with Crippen LogP contribution in [0.1, 0.15) is 31.3 Å². The van der Waals surface area contributed by atoms with Crippen molar-refractivity contribution in [3.63, 3.8) is 0 Å². The molecule has 16 heteroatoms. The van der Waals surface area contributed by atoms with Gasteiger partial charge in [-0.05, 0) is 24.6 Å². The van der Waals surface area contributed by atoms with Crippen LogP contribution in [0.25, 0.3) is 11.3 Å². The highest BCUT2D eigenvalue weighted by Crippen LogP contribution is 2.34. The number of thioether (sulfide) groups is 1. The zero-order chi connectivity index (χ0) is 29.7. The van der Waals surface area contributed by atoms with Gasteiger partial charge in [-0.3, -0.25) is 14.9 Å². The Labute approximate surface area is 237 Å². The molecule has 0 saturated heterocycles. The number of hydrogen-bond donors (Lipinski definition) is 4. The first-order valence-electron chi connectivity index (χ1n) is 11.5. The Hall–Kier alpha value is -4.46. The van der Waals surface area contributed by atoms with Crippen molar-refractivity contribution in [2.24, 2.45) is 10.7 Å². The Morgan fingerprint density at radius 2 is 2.12 bits per heavy atom. The lowest BCUT2D eigenvalue weighted by molar-refractivity contribution is -0.117. The molecule has 212 valence electrons. The van der Waals surface area contributed by atoms with E-state index in [1.165, 1.54) is 38.4 Å². The Kier molecular flexibility index (Phi) is 12.6. The Bertz CT molecular complexity index is 1420. The summed E-state index contributed by atoms with van der Waals surface area (Å²) in [5.41, 5.74) is 3.77. The molecule has 1 atom stereocenters. The number of carbonyl (C=O) groups is 2. The van der Waals surface area contributed by atoms with E-state index in [9.17, 15) is 19.5 Å². The lowest BCUT2D eigenvalue weighted by Gasteiger charge is -2.16. The first kappa shape index (κ1) is 31.8. The van der Waals surface area contributed by atoms with Gasteiger partial charge in [0.05, 0.1) is 19.3 Å². The molecule has 3 rings (SSSR count). The molecule has 0 aliphatic rings. The van der Waals surface area contributed by atoms with E-state index in [1.807, 2.05) is 13.8 Å². The number of nitrogens with one attached hydrogen (secondary N) is 2. The molecule has 40 heavy (non-hydrogen) atoms. The van der Waals surface area contributed by atoms with Crippen LogP contribution >= 0.6 is 23.1 Å². The molecule has 3 aromatic rings. The van der Waals surface area contributed by atoms with E-state index >= 15 is 0 Å². The third kappa shape index (κ3) is 8.53. The van der Waals surface area contributed by atoms with Crippen LogP contribution in [0.5, 0.6) is 11.5 Å². The van der Waals surface area contributed by atoms with E-state index in [0.29, 0.717) is 0 Å². The number of aliphatic imine (C=N–C) groups is 1. The Morgan fingerprint density at radius 3 is 2.75 bits per heavy atom. The van der Waals surface area contributed by atoms with Crippen molar-refractivity contribution >= 4 is 51.0 Å². The number of hydrogen-bond acceptors (Lipinski definition) is 14. The number of carbonyl (C=O) groups excluding carboxylic acids is 2. The molecule has 3 aromatic heterocycles. The number of nitrogens with zero attached hydrogens (tertiary/aromatic N) is 4. The molecule has 0 saturated carbocycles. The normalized spacial score (nSPS) is 11.6. The van der Waals surface area contributed by atoms with Crippen molar-refractivity contribution in [3.8, 4) is 22.8 Å².